The molecule has 2 N–H and O–H groups in total. The van der Waals surface area contributed by atoms with E-state index < -0.39 is 5.54 Å². The molecular weight excluding hydrogens is 366 g/mol. The summed E-state index contributed by atoms with van der Waals surface area (Å²) in [6, 6.07) is 32.4. The predicted octanol–water partition coefficient (Wildman–Crippen LogP) is 5.06. The van der Waals surface area contributed by atoms with Crippen molar-refractivity contribution in [2.75, 3.05) is 0 Å². The number of hydrogen-bond acceptors (Lipinski definition) is 2. The van der Waals surface area contributed by atoms with Crippen molar-refractivity contribution >= 4 is 0 Å². The molecule has 0 radical (unpaired) electrons. The maximum Gasteiger partial charge on any atom is 0.124 e. The van der Waals surface area contributed by atoms with Crippen LogP contribution in [-0.2, 0) is 24.9 Å². The van der Waals surface area contributed by atoms with Gasteiger partial charge in [-0.15, -0.1) is 0 Å². The van der Waals surface area contributed by atoms with Gasteiger partial charge in [-0.05, 0) is 42.4 Å². The van der Waals surface area contributed by atoms with E-state index in [0.29, 0.717) is 6.54 Å². The Morgan fingerprint density at radius 3 is 1.63 bits per heavy atom. The van der Waals surface area contributed by atoms with Gasteiger partial charge in [0, 0.05) is 5.69 Å². The molecule has 0 fully saturated rings. The highest BCUT2D eigenvalue weighted by Gasteiger charge is 2.42. The van der Waals surface area contributed by atoms with E-state index in [4.69, 9.17) is 10.7 Å². The van der Waals surface area contributed by atoms with Crippen LogP contribution in [0.5, 0.6) is 0 Å². The normalized spacial score (nSPS) is 13.8. The smallest absolute Gasteiger partial charge is 0.124 e. The Morgan fingerprint density at radius 1 is 0.700 bits per heavy atom. The van der Waals surface area contributed by atoms with Crippen molar-refractivity contribution < 1.29 is 0 Å². The molecular formula is C27H27N3. The molecule has 0 saturated carbocycles. The molecule has 5 rings (SSSR count). The standard InChI is InChI=1S/C27H27N3/c28-20-26-29-24-18-10-11-19-25(24)30(26)27(21-12-4-1-5-13-21,22-14-6-2-7-15-22)23-16-8-3-9-17-23/h1-9,12-17H,10-11,18-20,28H2. The van der Waals surface area contributed by atoms with Crippen LogP contribution < -0.4 is 5.73 Å². The van der Waals surface area contributed by atoms with Gasteiger partial charge in [-0.3, -0.25) is 0 Å². The number of nitrogens with zero attached hydrogens (tertiary/aromatic N) is 2. The van der Waals surface area contributed by atoms with Gasteiger partial charge in [-0.25, -0.2) is 4.98 Å². The third kappa shape index (κ3) is 2.89. The molecule has 150 valence electrons. The first kappa shape index (κ1) is 18.8. The lowest BCUT2D eigenvalue weighted by Gasteiger charge is -2.40. The highest BCUT2D eigenvalue weighted by atomic mass is 15.2. The van der Waals surface area contributed by atoms with Gasteiger partial charge in [0.2, 0.25) is 0 Å². The number of rotatable bonds is 5. The summed E-state index contributed by atoms with van der Waals surface area (Å²) >= 11 is 0. The summed E-state index contributed by atoms with van der Waals surface area (Å²) in [5, 5.41) is 0. The second kappa shape index (κ2) is 7.92. The quantitative estimate of drug-likeness (QED) is 0.482. The summed E-state index contributed by atoms with van der Waals surface area (Å²) in [7, 11) is 0. The van der Waals surface area contributed by atoms with Gasteiger partial charge in [0.25, 0.3) is 0 Å². The van der Waals surface area contributed by atoms with Crippen LogP contribution in [0.15, 0.2) is 91.0 Å². The first-order valence-corrected chi connectivity index (χ1v) is 10.8. The molecule has 4 aromatic rings. The lowest BCUT2D eigenvalue weighted by atomic mass is 9.76. The average molecular weight is 394 g/mol. The Balaban J connectivity index is 1.95. The second-order valence-electron chi connectivity index (χ2n) is 7.98. The van der Waals surface area contributed by atoms with E-state index in [-0.39, 0.29) is 0 Å². The van der Waals surface area contributed by atoms with Gasteiger partial charge in [0.1, 0.15) is 11.4 Å². The summed E-state index contributed by atoms with van der Waals surface area (Å²) in [5.74, 6) is 0.957. The Kier molecular flexibility index (Phi) is 4.97. The van der Waals surface area contributed by atoms with Crippen molar-refractivity contribution in [1.29, 1.82) is 0 Å². The molecule has 0 saturated heterocycles. The second-order valence-corrected chi connectivity index (χ2v) is 7.98. The molecule has 0 amide bonds. The molecule has 1 heterocycles. The maximum absolute atomic E-state index is 6.31. The Hall–Kier alpha value is -3.17. The third-order valence-corrected chi connectivity index (χ3v) is 6.29. The molecule has 0 unspecified atom stereocenters. The van der Waals surface area contributed by atoms with Crippen LogP contribution >= 0.6 is 0 Å². The first-order chi connectivity index (χ1) is 14.9. The van der Waals surface area contributed by atoms with Crippen molar-refractivity contribution in [3.05, 3.63) is 125 Å². The van der Waals surface area contributed by atoms with Crippen molar-refractivity contribution in [2.45, 2.75) is 37.8 Å². The molecule has 30 heavy (non-hydrogen) atoms. The third-order valence-electron chi connectivity index (χ3n) is 6.29. The number of aryl methyl sites for hydroxylation is 1. The van der Waals surface area contributed by atoms with E-state index in [1.54, 1.807) is 0 Å². The fourth-order valence-electron chi connectivity index (χ4n) is 5.05. The molecule has 3 heteroatoms. The Labute approximate surface area is 178 Å². The fraction of sp³-hybridized carbons (Fsp3) is 0.222. The molecule has 1 aliphatic carbocycles. The van der Waals surface area contributed by atoms with Crippen LogP contribution in [0.3, 0.4) is 0 Å². The van der Waals surface area contributed by atoms with E-state index >= 15 is 0 Å². The summed E-state index contributed by atoms with van der Waals surface area (Å²) in [6.07, 6.45) is 4.46. The van der Waals surface area contributed by atoms with Crippen molar-refractivity contribution in [3.63, 3.8) is 0 Å². The van der Waals surface area contributed by atoms with E-state index in [9.17, 15) is 0 Å². The van der Waals surface area contributed by atoms with E-state index in [1.165, 1.54) is 40.9 Å². The number of hydrogen-bond donors (Lipinski definition) is 1. The minimum absolute atomic E-state index is 0.418. The number of aromatic nitrogens is 2. The van der Waals surface area contributed by atoms with Gasteiger partial charge in [0.05, 0.1) is 12.2 Å². The molecule has 1 aromatic heterocycles. The average Bonchev–Trinajstić information content (AvgIpc) is 3.21. The Bertz CT molecular complexity index is 1020. The fourth-order valence-corrected chi connectivity index (χ4v) is 5.05. The van der Waals surface area contributed by atoms with Crippen molar-refractivity contribution in [2.24, 2.45) is 5.73 Å². The molecule has 3 aromatic carbocycles. The minimum Gasteiger partial charge on any atom is -0.324 e. The van der Waals surface area contributed by atoms with Gasteiger partial charge in [0.15, 0.2) is 0 Å². The van der Waals surface area contributed by atoms with Gasteiger partial charge < -0.3 is 10.3 Å². The number of nitrogens with two attached hydrogens (primary N) is 1. The van der Waals surface area contributed by atoms with Gasteiger partial charge in [-0.1, -0.05) is 91.0 Å². The highest BCUT2D eigenvalue weighted by molar-refractivity contribution is 5.52. The zero-order valence-corrected chi connectivity index (χ0v) is 17.2. The number of benzene rings is 3. The van der Waals surface area contributed by atoms with Gasteiger partial charge in [-0.2, -0.15) is 0 Å². The van der Waals surface area contributed by atoms with E-state index in [1.807, 2.05) is 0 Å². The van der Waals surface area contributed by atoms with Crippen LogP contribution in [-0.4, -0.2) is 9.55 Å². The van der Waals surface area contributed by atoms with E-state index in [0.717, 1.165) is 18.7 Å². The van der Waals surface area contributed by atoms with Crippen molar-refractivity contribution in [3.8, 4) is 0 Å². The summed E-state index contributed by atoms with van der Waals surface area (Å²) in [6.45, 7) is 0.418. The predicted molar refractivity (Wildman–Crippen MR) is 121 cm³/mol. The summed E-state index contributed by atoms with van der Waals surface area (Å²) in [4.78, 5) is 5.05. The van der Waals surface area contributed by atoms with Crippen LogP contribution in [0.4, 0.5) is 0 Å². The highest BCUT2D eigenvalue weighted by Crippen LogP contribution is 2.44. The van der Waals surface area contributed by atoms with E-state index in [2.05, 4.69) is 95.6 Å². The SMILES string of the molecule is NCc1nc2c(n1C(c1ccccc1)(c1ccccc1)c1ccccc1)CCCC2. The molecule has 3 nitrogen and oxygen atoms in total. The molecule has 0 atom stereocenters. The van der Waals surface area contributed by atoms with Crippen LogP contribution in [0.1, 0.15) is 46.7 Å². The first-order valence-electron chi connectivity index (χ1n) is 10.8. The van der Waals surface area contributed by atoms with Crippen molar-refractivity contribution in [1.82, 2.24) is 9.55 Å². The number of fused-ring (bicyclic) bond motifs is 1. The molecule has 0 spiro atoms. The monoisotopic (exact) mass is 393 g/mol. The van der Waals surface area contributed by atoms with Crippen LogP contribution in [0.2, 0.25) is 0 Å². The summed E-state index contributed by atoms with van der Waals surface area (Å²) < 4.78 is 2.46. The maximum atomic E-state index is 6.31. The Morgan fingerprint density at radius 2 is 1.17 bits per heavy atom. The lowest BCUT2D eigenvalue weighted by Crippen LogP contribution is -2.40. The lowest BCUT2D eigenvalue weighted by molar-refractivity contribution is 0.466. The molecule has 0 aliphatic heterocycles. The summed E-state index contributed by atoms with van der Waals surface area (Å²) in [5.41, 5.74) is 12.0. The van der Waals surface area contributed by atoms with Gasteiger partial charge >= 0.3 is 0 Å². The van der Waals surface area contributed by atoms with Crippen LogP contribution in [0.25, 0.3) is 0 Å². The largest absolute Gasteiger partial charge is 0.324 e. The topological polar surface area (TPSA) is 43.8 Å². The molecule has 0 bridgehead atoms. The van der Waals surface area contributed by atoms with Crippen LogP contribution in [0, 0.1) is 0 Å². The zero-order chi connectivity index (χ0) is 20.4. The molecule has 1 aliphatic rings. The minimum atomic E-state index is -0.517. The number of imidazole rings is 1. The zero-order valence-electron chi connectivity index (χ0n) is 17.2.